The smallest absolute Gasteiger partial charge is 0.265 e. The Balaban J connectivity index is 2.17. The molecule has 13 heteroatoms. The van der Waals surface area contributed by atoms with Gasteiger partial charge >= 0.3 is 0 Å². The molecule has 238 valence electrons. The van der Waals surface area contributed by atoms with E-state index in [2.05, 4.69) is 5.32 Å². The van der Waals surface area contributed by atoms with Gasteiger partial charge in [0, 0.05) is 23.7 Å². The molecule has 0 saturated heterocycles. The maximum atomic E-state index is 14.3. The molecular formula is C31H37ClFN3O7S. The number of anilines is 1. The Morgan fingerprint density at radius 3 is 2.09 bits per heavy atom. The van der Waals surface area contributed by atoms with Gasteiger partial charge in [-0.1, -0.05) is 30.7 Å². The minimum Gasteiger partial charge on any atom is -0.495 e. The standard InChI is InChI=1S/C31H37ClFN3O7S/c1-7-25(31(38)34-20(2)3)35(18-21-8-11-23(33)12-9-21)30(37)19-36(26-16-22(32)10-14-27(26)41-4)44(39,40)24-13-15-28(42-5)29(17-24)43-6/h8-17,20,25H,7,18-19H2,1-6H3,(H,34,38). The van der Waals surface area contributed by atoms with E-state index in [1.807, 2.05) is 0 Å². The summed E-state index contributed by atoms with van der Waals surface area (Å²) in [5.41, 5.74) is 0.551. The highest BCUT2D eigenvalue weighted by Gasteiger charge is 2.35. The number of nitrogens with one attached hydrogen (secondary N) is 1. The van der Waals surface area contributed by atoms with Gasteiger partial charge in [0.1, 0.15) is 24.2 Å². The molecule has 1 N–H and O–H groups in total. The molecule has 0 aromatic heterocycles. The molecule has 0 radical (unpaired) electrons. The Morgan fingerprint density at radius 1 is 0.909 bits per heavy atom. The van der Waals surface area contributed by atoms with Crippen molar-refractivity contribution >= 4 is 39.1 Å². The van der Waals surface area contributed by atoms with Gasteiger partial charge in [0.15, 0.2) is 11.5 Å². The van der Waals surface area contributed by atoms with Crippen molar-refractivity contribution in [2.75, 3.05) is 32.2 Å². The summed E-state index contributed by atoms with van der Waals surface area (Å²) in [5, 5.41) is 3.03. The first-order valence-electron chi connectivity index (χ1n) is 13.8. The van der Waals surface area contributed by atoms with Crippen LogP contribution in [0, 0.1) is 5.82 Å². The fourth-order valence-electron chi connectivity index (χ4n) is 4.56. The summed E-state index contributed by atoms with van der Waals surface area (Å²) in [6, 6.07) is 12.8. The molecule has 0 aliphatic heterocycles. The third kappa shape index (κ3) is 8.11. The van der Waals surface area contributed by atoms with E-state index in [9.17, 15) is 22.4 Å². The van der Waals surface area contributed by atoms with Crippen LogP contribution in [0.15, 0.2) is 65.6 Å². The Morgan fingerprint density at radius 2 is 1.52 bits per heavy atom. The Labute approximate surface area is 262 Å². The maximum absolute atomic E-state index is 14.3. The van der Waals surface area contributed by atoms with Crippen LogP contribution in [0.3, 0.4) is 0 Å². The first kappa shape index (κ1) is 34.5. The quantitative estimate of drug-likeness (QED) is 0.261. The van der Waals surface area contributed by atoms with Crippen molar-refractivity contribution in [3.05, 3.63) is 77.1 Å². The first-order chi connectivity index (χ1) is 20.9. The molecule has 0 spiro atoms. The highest BCUT2D eigenvalue weighted by molar-refractivity contribution is 7.92. The number of amides is 2. The largest absolute Gasteiger partial charge is 0.495 e. The molecule has 0 aliphatic rings. The number of methoxy groups -OCH3 is 3. The molecule has 3 rings (SSSR count). The molecular weight excluding hydrogens is 613 g/mol. The lowest BCUT2D eigenvalue weighted by molar-refractivity contribution is -0.140. The van der Waals surface area contributed by atoms with Crippen LogP contribution in [0.2, 0.25) is 5.02 Å². The number of halogens is 2. The SMILES string of the molecule is CCC(C(=O)NC(C)C)N(Cc1ccc(F)cc1)C(=O)CN(c1cc(Cl)ccc1OC)S(=O)(=O)c1ccc(OC)c(OC)c1. The summed E-state index contributed by atoms with van der Waals surface area (Å²) in [6.07, 6.45) is 0.231. The minimum absolute atomic E-state index is 0.00421. The van der Waals surface area contributed by atoms with Gasteiger partial charge in [-0.15, -0.1) is 0 Å². The number of ether oxygens (including phenoxy) is 3. The van der Waals surface area contributed by atoms with E-state index in [0.29, 0.717) is 11.3 Å². The predicted molar refractivity (Wildman–Crippen MR) is 166 cm³/mol. The van der Waals surface area contributed by atoms with Gasteiger partial charge in [0.2, 0.25) is 11.8 Å². The molecule has 0 heterocycles. The molecule has 0 bridgehead atoms. The van der Waals surface area contributed by atoms with Crippen LogP contribution >= 0.6 is 11.6 Å². The van der Waals surface area contributed by atoms with Crippen molar-refractivity contribution in [1.82, 2.24) is 10.2 Å². The van der Waals surface area contributed by atoms with E-state index in [1.165, 1.54) is 86.9 Å². The summed E-state index contributed by atoms with van der Waals surface area (Å²) >= 11 is 6.29. The second-order valence-electron chi connectivity index (χ2n) is 10.1. The zero-order chi connectivity index (χ0) is 32.6. The number of nitrogens with zero attached hydrogens (tertiary/aromatic N) is 2. The van der Waals surface area contributed by atoms with Crippen LogP contribution in [0.5, 0.6) is 17.2 Å². The number of benzene rings is 3. The Bertz CT molecular complexity index is 1570. The van der Waals surface area contributed by atoms with Gasteiger partial charge in [-0.2, -0.15) is 0 Å². The summed E-state index contributed by atoms with van der Waals surface area (Å²) < 4.78 is 59.2. The van der Waals surface area contributed by atoms with Crippen molar-refractivity contribution in [3.8, 4) is 17.2 Å². The average molecular weight is 650 g/mol. The fourth-order valence-corrected chi connectivity index (χ4v) is 6.16. The molecule has 3 aromatic rings. The van der Waals surface area contributed by atoms with Crippen molar-refractivity contribution in [2.24, 2.45) is 0 Å². The van der Waals surface area contributed by atoms with Crippen LogP contribution in [0.25, 0.3) is 0 Å². The first-order valence-corrected chi connectivity index (χ1v) is 15.6. The molecule has 1 unspecified atom stereocenters. The number of sulfonamides is 1. The molecule has 2 amide bonds. The second-order valence-corrected chi connectivity index (χ2v) is 12.4. The third-order valence-corrected chi connectivity index (χ3v) is 8.71. The number of carbonyl (C=O) groups is 2. The zero-order valence-corrected chi connectivity index (χ0v) is 27.0. The summed E-state index contributed by atoms with van der Waals surface area (Å²) in [4.78, 5) is 28.6. The lowest BCUT2D eigenvalue weighted by atomic mass is 10.1. The number of carbonyl (C=O) groups excluding carboxylic acids is 2. The topological polar surface area (TPSA) is 114 Å². The van der Waals surface area contributed by atoms with Crippen molar-refractivity contribution in [1.29, 1.82) is 0 Å². The average Bonchev–Trinajstić information content (AvgIpc) is 2.99. The molecule has 0 aliphatic carbocycles. The van der Waals surface area contributed by atoms with Crippen LogP contribution in [0.1, 0.15) is 32.8 Å². The Kier molecular flexibility index (Phi) is 11.8. The van der Waals surface area contributed by atoms with E-state index in [1.54, 1.807) is 20.8 Å². The predicted octanol–water partition coefficient (Wildman–Crippen LogP) is 5.03. The highest BCUT2D eigenvalue weighted by atomic mass is 35.5. The normalized spacial score (nSPS) is 11.9. The number of hydrogen-bond donors (Lipinski definition) is 1. The van der Waals surface area contributed by atoms with Crippen LogP contribution < -0.4 is 23.8 Å². The second kappa shape index (κ2) is 15.1. The lowest BCUT2D eigenvalue weighted by Gasteiger charge is -2.34. The van der Waals surface area contributed by atoms with Gasteiger partial charge < -0.3 is 24.4 Å². The zero-order valence-electron chi connectivity index (χ0n) is 25.5. The van der Waals surface area contributed by atoms with Crippen molar-refractivity contribution < 1.29 is 36.6 Å². The third-order valence-electron chi connectivity index (χ3n) is 6.71. The van der Waals surface area contributed by atoms with Crippen molar-refractivity contribution in [3.63, 3.8) is 0 Å². The molecule has 10 nitrogen and oxygen atoms in total. The molecule has 0 saturated carbocycles. The molecule has 3 aromatic carbocycles. The van der Waals surface area contributed by atoms with Gasteiger partial charge in [0.05, 0.1) is 31.9 Å². The van der Waals surface area contributed by atoms with Gasteiger partial charge in [-0.05, 0) is 68.3 Å². The van der Waals surface area contributed by atoms with Gasteiger partial charge in [0.25, 0.3) is 10.0 Å². The van der Waals surface area contributed by atoms with E-state index in [4.69, 9.17) is 25.8 Å². The number of rotatable bonds is 14. The van der Waals surface area contributed by atoms with E-state index in [0.717, 1.165) is 4.31 Å². The summed E-state index contributed by atoms with van der Waals surface area (Å²) in [7, 11) is -0.326. The molecule has 1 atom stereocenters. The van der Waals surface area contributed by atoms with Crippen LogP contribution in [-0.2, 0) is 26.2 Å². The van der Waals surface area contributed by atoms with Gasteiger partial charge in [-0.3, -0.25) is 13.9 Å². The Hall–Kier alpha value is -4.03. The highest BCUT2D eigenvalue weighted by Crippen LogP contribution is 2.37. The fraction of sp³-hybridized carbons (Fsp3) is 0.355. The molecule has 0 fully saturated rings. The van der Waals surface area contributed by atoms with Crippen LogP contribution in [-0.4, -0.2) is 65.1 Å². The monoisotopic (exact) mass is 649 g/mol. The maximum Gasteiger partial charge on any atom is 0.265 e. The van der Waals surface area contributed by atoms with Gasteiger partial charge in [-0.25, -0.2) is 12.8 Å². The van der Waals surface area contributed by atoms with E-state index in [-0.39, 0.29) is 46.1 Å². The summed E-state index contributed by atoms with van der Waals surface area (Å²) in [5.74, 6) is -0.953. The molecule has 44 heavy (non-hydrogen) atoms. The summed E-state index contributed by atoms with van der Waals surface area (Å²) in [6.45, 7) is 4.52. The number of hydrogen-bond acceptors (Lipinski definition) is 7. The van der Waals surface area contributed by atoms with Crippen molar-refractivity contribution in [2.45, 2.75) is 50.7 Å². The minimum atomic E-state index is -4.48. The van der Waals surface area contributed by atoms with E-state index < -0.39 is 40.2 Å². The van der Waals surface area contributed by atoms with E-state index >= 15 is 0 Å². The van der Waals surface area contributed by atoms with Crippen LogP contribution in [0.4, 0.5) is 10.1 Å². The lowest BCUT2D eigenvalue weighted by Crippen LogP contribution is -2.53.